The van der Waals surface area contributed by atoms with Crippen LogP contribution in [0.3, 0.4) is 0 Å². The van der Waals surface area contributed by atoms with Crippen molar-refractivity contribution in [2.24, 2.45) is 0 Å². The molecule has 9 heteroatoms. The van der Waals surface area contributed by atoms with E-state index >= 15 is 0 Å². The molecule has 1 amide bonds. The molecular weight excluding hydrogens is 634 g/mol. The number of thioether (sulfide) groups is 2. The highest BCUT2D eigenvalue weighted by Crippen LogP contribution is 2.40. The standard InChI is InChI=1S/C33H32BrNO5S2/c1-37-28-17-11-12-23(33(28)40-4)21-35(31(36)19-24-18-29(38-2)30(39-3)20-27(24)34)22-32(41-25-13-7-5-8-14-25)42-26-15-9-6-10-16-26/h5-18,20,22H,19,21H2,1-4H3. The van der Waals surface area contributed by atoms with E-state index in [9.17, 15) is 4.79 Å². The molecule has 0 spiro atoms. The molecule has 0 radical (unpaired) electrons. The molecule has 0 saturated carbocycles. The largest absolute Gasteiger partial charge is 0.493 e. The molecule has 0 aliphatic carbocycles. The first-order chi connectivity index (χ1) is 20.4. The van der Waals surface area contributed by atoms with Crippen molar-refractivity contribution < 1.29 is 23.7 Å². The van der Waals surface area contributed by atoms with Crippen LogP contribution in [0.1, 0.15) is 11.1 Å². The summed E-state index contributed by atoms with van der Waals surface area (Å²) in [5.74, 6) is 2.23. The SMILES string of the molecule is COc1cc(Br)c(CC(=O)N(C=C(Sc2ccccc2)Sc2ccccc2)Cc2cccc(OC)c2OC)cc1OC. The quantitative estimate of drug-likeness (QED) is 0.133. The molecule has 0 unspecified atom stereocenters. The molecule has 0 aliphatic heterocycles. The summed E-state index contributed by atoms with van der Waals surface area (Å²) in [5.41, 5.74) is 1.60. The molecule has 42 heavy (non-hydrogen) atoms. The number of methoxy groups -OCH3 is 4. The summed E-state index contributed by atoms with van der Waals surface area (Å²) in [6.45, 7) is 0.276. The molecule has 4 aromatic carbocycles. The Labute approximate surface area is 264 Å². The number of rotatable bonds is 13. The van der Waals surface area contributed by atoms with Crippen LogP contribution in [0.2, 0.25) is 0 Å². The third-order valence-corrected chi connectivity index (χ3v) is 9.09. The molecule has 0 aliphatic rings. The van der Waals surface area contributed by atoms with Crippen molar-refractivity contribution in [1.82, 2.24) is 4.90 Å². The van der Waals surface area contributed by atoms with Crippen LogP contribution in [0.4, 0.5) is 0 Å². The Balaban J connectivity index is 1.76. The van der Waals surface area contributed by atoms with E-state index in [1.807, 2.05) is 72.9 Å². The van der Waals surface area contributed by atoms with Crippen LogP contribution < -0.4 is 18.9 Å². The maximum absolute atomic E-state index is 14.1. The predicted octanol–water partition coefficient (Wildman–Crippen LogP) is 8.44. The van der Waals surface area contributed by atoms with Crippen LogP contribution in [0.15, 0.2) is 116 Å². The number of hydrogen-bond donors (Lipinski definition) is 0. The zero-order valence-electron chi connectivity index (χ0n) is 23.8. The van der Waals surface area contributed by atoms with E-state index in [0.717, 1.165) is 29.6 Å². The first-order valence-electron chi connectivity index (χ1n) is 13.0. The summed E-state index contributed by atoms with van der Waals surface area (Å²) in [5, 5.41) is 0. The molecule has 218 valence electrons. The van der Waals surface area contributed by atoms with E-state index in [1.165, 1.54) is 0 Å². The lowest BCUT2D eigenvalue weighted by Crippen LogP contribution is -2.27. The normalized spacial score (nSPS) is 10.5. The first-order valence-corrected chi connectivity index (χ1v) is 15.5. The van der Waals surface area contributed by atoms with Crippen molar-refractivity contribution in [3.8, 4) is 23.0 Å². The van der Waals surface area contributed by atoms with Gasteiger partial charge in [-0.25, -0.2) is 0 Å². The van der Waals surface area contributed by atoms with Gasteiger partial charge in [-0.05, 0) is 48.0 Å². The molecule has 0 aromatic heterocycles. The van der Waals surface area contributed by atoms with Crippen molar-refractivity contribution in [2.75, 3.05) is 28.4 Å². The van der Waals surface area contributed by atoms with Gasteiger partial charge < -0.3 is 23.8 Å². The smallest absolute Gasteiger partial charge is 0.231 e. The van der Waals surface area contributed by atoms with Gasteiger partial charge in [-0.1, -0.05) is 88.0 Å². The number of nitrogens with zero attached hydrogens (tertiary/aromatic N) is 1. The molecular formula is C33H32BrNO5S2. The second-order valence-electron chi connectivity index (χ2n) is 8.93. The van der Waals surface area contributed by atoms with E-state index in [2.05, 4.69) is 40.2 Å². The number of amides is 1. The summed E-state index contributed by atoms with van der Waals surface area (Å²) >= 11 is 6.82. The molecule has 4 rings (SSSR count). The summed E-state index contributed by atoms with van der Waals surface area (Å²) in [6.07, 6.45) is 2.05. The van der Waals surface area contributed by atoms with Gasteiger partial charge in [-0.3, -0.25) is 4.79 Å². The van der Waals surface area contributed by atoms with E-state index in [-0.39, 0.29) is 18.9 Å². The Kier molecular flexibility index (Phi) is 11.7. The molecule has 0 fully saturated rings. The second kappa shape index (κ2) is 15.6. The molecule has 4 aromatic rings. The topological polar surface area (TPSA) is 57.2 Å². The second-order valence-corrected chi connectivity index (χ2v) is 12.3. The lowest BCUT2D eigenvalue weighted by molar-refractivity contribution is -0.128. The fourth-order valence-electron chi connectivity index (χ4n) is 4.17. The molecule has 0 atom stereocenters. The fourth-order valence-corrected chi connectivity index (χ4v) is 6.79. The zero-order valence-corrected chi connectivity index (χ0v) is 27.1. The highest BCUT2D eigenvalue weighted by atomic mass is 79.9. The van der Waals surface area contributed by atoms with E-state index < -0.39 is 0 Å². The van der Waals surface area contributed by atoms with Gasteiger partial charge in [0.15, 0.2) is 23.0 Å². The number of benzene rings is 4. The monoisotopic (exact) mass is 665 g/mol. The van der Waals surface area contributed by atoms with Crippen LogP contribution in [-0.4, -0.2) is 39.2 Å². The highest BCUT2D eigenvalue weighted by molar-refractivity contribution is 9.10. The minimum absolute atomic E-state index is 0.104. The molecule has 0 heterocycles. The Morgan fingerprint density at radius 2 is 1.29 bits per heavy atom. The van der Waals surface area contributed by atoms with Gasteiger partial charge in [-0.15, -0.1) is 0 Å². The lowest BCUT2D eigenvalue weighted by Gasteiger charge is -2.23. The predicted molar refractivity (Wildman–Crippen MR) is 174 cm³/mol. The van der Waals surface area contributed by atoms with E-state index in [1.54, 1.807) is 56.9 Å². The van der Waals surface area contributed by atoms with Gasteiger partial charge in [0.2, 0.25) is 5.91 Å². The summed E-state index contributed by atoms with van der Waals surface area (Å²) in [4.78, 5) is 18.0. The minimum atomic E-state index is -0.104. The van der Waals surface area contributed by atoms with Gasteiger partial charge in [-0.2, -0.15) is 0 Å². The zero-order chi connectivity index (χ0) is 29.9. The van der Waals surface area contributed by atoms with Crippen molar-refractivity contribution in [1.29, 1.82) is 0 Å². The van der Waals surface area contributed by atoms with Crippen LogP contribution >= 0.6 is 39.5 Å². The Hall–Kier alpha value is -3.53. The van der Waals surface area contributed by atoms with Crippen LogP contribution in [0, 0.1) is 0 Å². The third kappa shape index (κ3) is 8.27. The summed E-state index contributed by atoms with van der Waals surface area (Å²) < 4.78 is 23.9. The summed E-state index contributed by atoms with van der Waals surface area (Å²) in [6, 6.07) is 29.5. The van der Waals surface area contributed by atoms with Gasteiger partial charge in [0.05, 0.1) is 45.6 Å². The molecule has 0 N–H and O–H groups in total. The number of halogens is 1. The highest BCUT2D eigenvalue weighted by Gasteiger charge is 2.21. The van der Waals surface area contributed by atoms with Gasteiger partial charge in [0, 0.05) is 26.0 Å². The third-order valence-electron chi connectivity index (χ3n) is 6.22. The molecule has 0 saturated heterocycles. The van der Waals surface area contributed by atoms with Crippen molar-refractivity contribution >= 4 is 45.4 Å². The Morgan fingerprint density at radius 1 is 0.714 bits per heavy atom. The minimum Gasteiger partial charge on any atom is -0.493 e. The Bertz CT molecular complexity index is 1470. The van der Waals surface area contributed by atoms with Crippen LogP contribution in [-0.2, 0) is 17.8 Å². The number of carbonyl (C=O) groups is 1. The summed E-state index contributed by atoms with van der Waals surface area (Å²) in [7, 11) is 6.37. The number of ether oxygens (including phenoxy) is 4. The van der Waals surface area contributed by atoms with Crippen LogP contribution in [0.5, 0.6) is 23.0 Å². The van der Waals surface area contributed by atoms with Crippen molar-refractivity contribution in [3.63, 3.8) is 0 Å². The first kappa shape index (κ1) is 31.4. The molecule has 0 bridgehead atoms. The average Bonchev–Trinajstić information content (AvgIpc) is 3.02. The molecule has 6 nitrogen and oxygen atoms in total. The fraction of sp³-hybridized carbons (Fsp3) is 0.182. The average molecular weight is 667 g/mol. The van der Waals surface area contributed by atoms with Crippen molar-refractivity contribution in [2.45, 2.75) is 22.8 Å². The van der Waals surface area contributed by atoms with E-state index in [4.69, 9.17) is 18.9 Å². The lowest BCUT2D eigenvalue weighted by atomic mass is 10.1. The number of para-hydroxylation sites is 1. The van der Waals surface area contributed by atoms with Crippen LogP contribution in [0.25, 0.3) is 0 Å². The number of carbonyl (C=O) groups excluding carboxylic acids is 1. The Morgan fingerprint density at radius 3 is 1.83 bits per heavy atom. The van der Waals surface area contributed by atoms with Gasteiger partial charge in [0.25, 0.3) is 0 Å². The number of hydrogen-bond acceptors (Lipinski definition) is 7. The van der Waals surface area contributed by atoms with Gasteiger partial charge >= 0.3 is 0 Å². The maximum atomic E-state index is 14.1. The van der Waals surface area contributed by atoms with Gasteiger partial charge in [0.1, 0.15) is 0 Å². The van der Waals surface area contributed by atoms with Crippen molar-refractivity contribution in [3.05, 3.63) is 117 Å². The maximum Gasteiger partial charge on any atom is 0.231 e. The van der Waals surface area contributed by atoms with E-state index in [0.29, 0.717) is 23.0 Å².